The molecule has 0 saturated carbocycles. The van der Waals surface area contributed by atoms with Gasteiger partial charge in [-0.25, -0.2) is 0 Å². The number of carbonyl (C=O) groups is 1. The molecule has 2 aromatic carbocycles. The SMILES string of the molecule is O=C(Nc1ccc(-c2nnc3n2CCCCC3)cc1)c1n[nH]c2ccccc12. The van der Waals surface area contributed by atoms with Crippen molar-refractivity contribution in [3.05, 3.63) is 60.0 Å². The number of aromatic nitrogens is 5. The van der Waals surface area contributed by atoms with Crippen molar-refractivity contribution in [3.63, 3.8) is 0 Å². The highest BCUT2D eigenvalue weighted by atomic mass is 16.1. The minimum Gasteiger partial charge on any atom is -0.321 e. The van der Waals surface area contributed by atoms with Crippen molar-refractivity contribution in [2.75, 3.05) is 5.32 Å². The van der Waals surface area contributed by atoms with Crippen molar-refractivity contribution in [2.45, 2.75) is 32.2 Å². The van der Waals surface area contributed by atoms with Gasteiger partial charge in [-0.2, -0.15) is 5.10 Å². The number of H-pyrrole nitrogens is 1. The van der Waals surface area contributed by atoms with Crippen LogP contribution in [0.2, 0.25) is 0 Å². The van der Waals surface area contributed by atoms with Crippen molar-refractivity contribution in [1.29, 1.82) is 0 Å². The van der Waals surface area contributed by atoms with Crippen LogP contribution >= 0.6 is 0 Å². The third-order valence-electron chi connectivity index (χ3n) is 5.20. The molecule has 0 unspecified atom stereocenters. The number of amides is 1. The van der Waals surface area contributed by atoms with E-state index in [4.69, 9.17) is 0 Å². The number of hydrogen-bond acceptors (Lipinski definition) is 4. The van der Waals surface area contributed by atoms with E-state index in [0.717, 1.165) is 53.2 Å². The highest BCUT2D eigenvalue weighted by molar-refractivity contribution is 6.11. The molecule has 0 bridgehead atoms. The summed E-state index contributed by atoms with van der Waals surface area (Å²) in [6, 6.07) is 15.3. The Kier molecular flexibility index (Phi) is 4.12. The van der Waals surface area contributed by atoms with Gasteiger partial charge in [0.2, 0.25) is 0 Å². The molecule has 7 nitrogen and oxygen atoms in total. The number of anilines is 1. The van der Waals surface area contributed by atoms with Gasteiger partial charge in [-0.05, 0) is 43.2 Å². The van der Waals surface area contributed by atoms with Crippen LogP contribution in [0.5, 0.6) is 0 Å². The summed E-state index contributed by atoms with van der Waals surface area (Å²) < 4.78 is 2.22. The Bertz CT molecular complexity index is 1140. The van der Waals surface area contributed by atoms with Crippen molar-refractivity contribution >= 4 is 22.5 Å². The zero-order valence-electron chi connectivity index (χ0n) is 15.4. The van der Waals surface area contributed by atoms with Crippen LogP contribution in [0.4, 0.5) is 5.69 Å². The molecule has 5 rings (SSSR count). The zero-order valence-corrected chi connectivity index (χ0v) is 15.4. The molecule has 2 N–H and O–H groups in total. The first-order valence-corrected chi connectivity index (χ1v) is 9.56. The summed E-state index contributed by atoms with van der Waals surface area (Å²) in [6.45, 7) is 0.961. The number of aromatic amines is 1. The number of carbonyl (C=O) groups excluding carboxylic acids is 1. The second-order valence-electron chi connectivity index (χ2n) is 7.05. The van der Waals surface area contributed by atoms with E-state index in [1.54, 1.807) is 0 Å². The van der Waals surface area contributed by atoms with Crippen molar-refractivity contribution in [2.24, 2.45) is 0 Å². The predicted octanol–water partition coefficient (Wildman–Crippen LogP) is 3.80. The fourth-order valence-corrected chi connectivity index (χ4v) is 3.73. The lowest BCUT2D eigenvalue weighted by Gasteiger charge is -2.08. The smallest absolute Gasteiger partial charge is 0.276 e. The van der Waals surface area contributed by atoms with Crippen molar-refractivity contribution < 1.29 is 4.79 Å². The molecule has 0 spiro atoms. The molecule has 1 aliphatic heterocycles. The van der Waals surface area contributed by atoms with Gasteiger partial charge >= 0.3 is 0 Å². The molecule has 4 aromatic rings. The molecular formula is C21H20N6O. The molecule has 1 amide bonds. The second kappa shape index (κ2) is 6.92. The summed E-state index contributed by atoms with van der Waals surface area (Å²) >= 11 is 0. The van der Waals surface area contributed by atoms with Crippen LogP contribution < -0.4 is 5.32 Å². The fraction of sp³-hybridized carbons (Fsp3) is 0.238. The third-order valence-corrected chi connectivity index (χ3v) is 5.20. The summed E-state index contributed by atoms with van der Waals surface area (Å²) in [6.07, 6.45) is 4.54. The Hall–Kier alpha value is -3.48. The molecular weight excluding hydrogens is 352 g/mol. The normalized spacial score (nSPS) is 13.9. The molecule has 7 heteroatoms. The Morgan fingerprint density at radius 1 is 1.00 bits per heavy atom. The van der Waals surface area contributed by atoms with Crippen LogP contribution in [0.15, 0.2) is 48.5 Å². The lowest BCUT2D eigenvalue weighted by atomic mass is 10.1. The van der Waals surface area contributed by atoms with Crippen molar-refractivity contribution in [3.8, 4) is 11.4 Å². The minimum absolute atomic E-state index is 0.235. The highest BCUT2D eigenvalue weighted by Crippen LogP contribution is 2.24. The number of nitrogens with zero attached hydrogens (tertiary/aromatic N) is 4. The average Bonchev–Trinajstić information content (AvgIpc) is 3.26. The maximum atomic E-state index is 12.6. The molecule has 0 fully saturated rings. The molecule has 0 aliphatic carbocycles. The predicted molar refractivity (Wildman–Crippen MR) is 107 cm³/mol. The van der Waals surface area contributed by atoms with E-state index in [9.17, 15) is 4.79 Å². The first kappa shape index (κ1) is 16.7. The van der Waals surface area contributed by atoms with Gasteiger partial charge in [-0.3, -0.25) is 9.89 Å². The highest BCUT2D eigenvalue weighted by Gasteiger charge is 2.17. The molecule has 0 saturated heterocycles. The van der Waals surface area contributed by atoms with E-state index in [2.05, 4.69) is 30.3 Å². The molecule has 1 aliphatic rings. The number of para-hydroxylation sites is 1. The third kappa shape index (κ3) is 2.94. The average molecular weight is 372 g/mol. The molecule has 3 heterocycles. The lowest BCUT2D eigenvalue weighted by molar-refractivity contribution is 0.102. The van der Waals surface area contributed by atoms with E-state index >= 15 is 0 Å². The van der Waals surface area contributed by atoms with Gasteiger partial charge in [-0.1, -0.05) is 24.6 Å². The van der Waals surface area contributed by atoms with Gasteiger partial charge < -0.3 is 9.88 Å². The van der Waals surface area contributed by atoms with Gasteiger partial charge in [0, 0.05) is 29.6 Å². The molecule has 0 radical (unpaired) electrons. The first-order valence-electron chi connectivity index (χ1n) is 9.56. The Morgan fingerprint density at radius 3 is 2.75 bits per heavy atom. The number of nitrogens with one attached hydrogen (secondary N) is 2. The van der Waals surface area contributed by atoms with E-state index in [1.165, 1.54) is 12.8 Å². The Balaban J connectivity index is 1.37. The summed E-state index contributed by atoms with van der Waals surface area (Å²) in [5.41, 5.74) is 2.96. The summed E-state index contributed by atoms with van der Waals surface area (Å²) in [5.74, 6) is 1.73. The molecule has 0 atom stereocenters. The van der Waals surface area contributed by atoms with Crippen LogP contribution in [0.3, 0.4) is 0 Å². The van der Waals surface area contributed by atoms with E-state index in [-0.39, 0.29) is 5.91 Å². The Labute approximate surface area is 161 Å². The number of aryl methyl sites for hydroxylation is 1. The maximum absolute atomic E-state index is 12.6. The minimum atomic E-state index is -0.235. The van der Waals surface area contributed by atoms with Gasteiger partial charge in [0.1, 0.15) is 5.82 Å². The number of hydrogen-bond donors (Lipinski definition) is 2. The van der Waals surface area contributed by atoms with Crippen LogP contribution in [0, 0.1) is 0 Å². The van der Waals surface area contributed by atoms with Crippen LogP contribution in [-0.4, -0.2) is 30.9 Å². The first-order chi connectivity index (χ1) is 13.8. The standard InChI is InChI=1S/C21H20N6O/c28-21(19-16-6-3-4-7-17(16)23-25-19)22-15-11-9-14(10-12-15)20-26-24-18-8-2-1-5-13-27(18)20/h3-4,6-7,9-12H,1-2,5,8,13H2,(H,22,28)(H,23,25). The van der Waals surface area contributed by atoms with E-state index in [1.807, 2.05) is 48.5 Å². The zero-order chi connectivity index (χ0) is 18.9. The largest absolute Gasteiger partial charge is 0.321 e. The number of benzene rings is 2. The van der Waals surface area contributed by atoms with Crippen LogP contribution in [0.25, 0.3) is 22.3 Å². The second-order valence-corrected chi connectivity index (χ2v) is 7.05. The Morgan fingerprint density at radius 2 is 1.86 bits per heavy atom. The van der Waals surface area contributed by atoms with Gasteiger partial charge in [-0.15, -0.1) is 10.2 Å². The quantitative estimate of drug-likeness (QED) is 0.572. The summed E-state index contributed by atoms with van der Waals surface area (Å²) in [7, 11) is 0. The summed E-state index contributed by atoms with van der Waals surface area (Å²) in [4.78, 5) is 12.6. The molecule has 2 aromatic heterocycles. The van der Waals surface area contributed by atoms with Gasteiger partial charge in [0.05, 0.1) is 5.52 Å². The van der Waals surface area contributed by atoms with Crippen LogP contribution in [-0.2, 0) is 13.0 Å². The molecule has 28 heavy (non-hydrogen) atoms. The molecule has 140 valence electrons. The topological polar surface area (TPSA) is 88.5 Å². The van der Waals surface area contributed by atoms with Crippen LogP contribution in [0.1, 0.15) is 35.6 Å². The maximum Gasteiger partial charge on any atom is 0.276 e. The van der Waals surface area contributed by atoms with Gasteiger partial charge in [0.25, 0.3) is 5.91 Å². The number of fused-ring (bicyclic) bond motifs is 2. The van der Waals surface area contributed by atoms with E-state index < -0.39 is 0 Å². The van der Waals surface area contributed by atoms with Crippen molar-refractivity contribution in [1.82, 2.24) is 25.0 Å². The van der Waals surface area contributed by atoms with Gasteiger partial charge in [0.15, 0.2) is 11.5 Å². The summed E-state index contributed by atoms with van der Waals surface area (Å²) in [5, 5.41) is 19.5. The van der Waals surface area contributed by atoms with E-state index in [0.29, 0.717) is 5.69 Å². The monoisotopic (exact) mass is 372 g/mol. The number of rotatable bonds is 3. The lowest BCUT2D eigenvalue weighted by Crippen LogP contribution is -2.12. The fourth-order valence-electron chi connectivity index (χ4n) is 3.73.